The van der Waals surface area contributed by atoms with Crippen molar-refractivity contribution in [1.29, 1.82) is 0 Å². The number of carbonyl (C=O) groups is 2. The number of rotatable bonds is 6. The lowest BCUT2D eigenvalue weighted by atomic mass is 9.92. The van der Waals surface area contributed by atoms with E-state index in [-0.39, 0.29) is 11.8 Å². The average Bonchev–Trinajstić information content (AvgIpc) is 3.56. The van der Waals surface area contributed by atoms with E-state index in [2.05, 4.69) is 81.1 Å². The molecule has 3 aromatic carbocycles. The summed E-state index contributed by atoms with van der Waals surface area (Å²) in [7, 11) is 0. The summed E-state index contributed by atoms with van der Waals surface area (Å²) in [6.45, 7) is 4.84. The molecule has 2 aliphatic heterocycles. The normalized spacial score (nSPS) is 21.2. The van der Waals surface area contributed by atoms with E-state index < -0.39 is 17.6 Å². The molecule has 1 aromatic heterocycles. The first-order chi connectivity index (χ1) is 21.1. The molecular formula is C33H31F3N4O4. The molecule has 1 amide bonds. The largest absolute Gasteiger partial charge is 0.490 e. The number of benzene rings is 3. The Bertz CT molecular complexity index is 1710. The number of aliphatic carboxylic acids is 1. The minimum absolute atomic E-state index is 0.124. The number of amides is 1. The van der Waals surface area contributed by atoms with Gasteiger partial charge in [-0.3, -0.25) is 14.8 Å². The highest BCUT2D eigenvalue weighted by molar-refractivity contribution is 6.09. The fourth-order valence-electron chi connectivity index (χ4n) is 6.04. The molecule has 228 valence electrons. The van der Waals surface area contributed by atoms with E-state index in [0.717, 1.165) is 79.1 Å². The van der Waals surface area contributed by atoms with Crippen molar-refractivity contribution < 1.29 is 32.6 Å². The fourth-order valence-corrected chi connectivity index (χ4v) is 6.04. The molecule has 0 bridgehead atoms. The van der Waals surface area contributed by atoms with Gasteiger partial charge in [-0.15, -0.1) is 0 Å². The molecule has 1 spiro atoms. The van der Waals surface area contributed by atoms with E-state index in [0.29, 0.717) is 0 Å². The molecule has 3 heterocycles. The fraction of sp³-hybridized carbons (Fsp3) is 0.303. The summed E-state index contributed by atoms with van der Waals surface area (Å²) in [6, 6.07) is 23.3. The second kappa shape index (κ2) is 11.9. The Balaban J connectivity index is 0.000000441. The zero-order valence-corrected chi connectivity index (χ0v) is 23.7. The lowest BCUT2D eigenvalue weighted by molar-refractivity contribution is -0.192. The van der Waals surface area contributed by atoms with Crippen molar-refractivity contribution >= 4 is 40.6 Å². The smallest absolute Gasteiger partial charge is 0.475 e. The minimum atomic E-state index is -5.08. The van der Waals surface area contributed by atoms with Crippen molar-refractivity contribution in [2.45, 2.75) is 30.4 Å². The van der Waals surface area contributed by atoms with Crippen LogP contribution in [0.5, 0.6) is 0 Å². The maximum absolute atomic E-state index is 12.9. The Labute approximate surface area is 251 Å². The van der Waals surface area contributed by atoms with Crippen molar-refractivity contribution in [3.05, 3.63) is 94.7 Å². The number of carbonyl (C=O) groups excluding carboxylic acids is 1. The zero-order valence-electron chi connectivity index (χ0n) is 23.7. The van der Waals surface area contributed by atoms with E-state index in [1.807, 2.05) is 18.2 Å². The average molecular weight is 605 g/mol. The Kier molecular flexibility index (Phi) is 8.00. The van der Waals surface area contributed by atoms with Gasteiger partial charge in [0.05, 0.1) is 29.8 Å². The quantitative estimate of drug-likeness (QED) is 0.264. The molecule has 0 unspecified atom stereocenters. The number of H-pyrrole nitrogens is 1. The van der Waals surface area contributed by atoms with Crippen molar-refractivity contribution in [1.82, 2.24) is 15.1 Å². The number of carboxylic acid groups (broad SMARTS) is 1. The minimum Gasteiger partial charge on any atom is -0.475 e. The van der Waals surface area contributed by atoms with Crippen molar-refractivity contribution in [2.24, 2.45) is 0 Å². The molecule has 1 saturated heterocycles. The van der Waals surface area contributed by atoms with Crippen LogP contribution < -0.4 is 5.32 Å². The maximum atomic E-state index is 12.9. The van der Waals surface area contributed by atoms with E-state index >= 15 is 0 Å². The van der Waals surface area contributed by atoms with E-state index in [4.69, 9.17) is 14.6 Å². The molecule has 4 aromatic rings. The number of halogens is 3. The standard InChI is InChI=1S/C31H30N4O2.C2HF3O2/c36-30-31(25-3-1-2-4-28(25)32-30)20-26(31)23-10-11-24-27(33-34-29(24)19-23)12-9-21-5-7-22(8-6-21)13-14-35-15-17-37-18-16-35;3-2(4,5)1(6)7/h1-12,19,26H,13-18,20H2,(H,32,36)(H,33,34);(H,6,7)/b12-9+;/t26-,31-;/m0./s1. The summed E-state index contributed by atoms with van der Waals surface area (Å²) >= 11 is 0. The number of nitrogens with one attached hydrogen (secondary N) is 2. The number of nitrogens with zero attached hydrogens (tertiary/aromatic N) is 2. The zero-order chi connectivity index (χ0) is 30.9. The molecule has 44 heavy (non-hydrogen) atoms. The highest BCUT2D eigenvalue weighted by atomic mass is 19.4. The second-order valence-electron chi connectivity index (χ2n) is 11.2. The number of aromatic amines is 1. The molecular weight excluding hydrogens is 573 g/mol. The van der Waals surface area contributed by atoms with Crippen LogP contribution in [-0.4, -0.2) is 71.1 Å². The first kappa shape index (κ1) is 29.6. The summed E-state index contributed by atoms with van der Waals surface area (Å²) in [5.41, 5.74) is 7.30. The lowest BCUT2D eigenvalue weighted by Crippen LogP contribution is -2.37. The number of carboxylic acids is 1. The summed E-state index contributed by atoms with van der Waals surface area (Å²) in [6.07, 6.45) is 1.02. The Morgan fingerprint density at radius 2 is 1.80 bits per heavy atom. The van der Waals surface area contributed by atoms with E-state index in [1.165, 1.54) is 11.1 Å². The van der Waals surface area contributed by atoms with Gasteiger partial charge in [0.2, 0.25) is 5.91 Å². The number of alkyl halides is 3. The number of ether oxygens (including phenoxy) is 1. The first-order valence-electron chi connectivity index (χ1n) is 14.4. The van der Waals surface area contributed by atoms with Crippen LogP contribution in [0.4, 0.5) is 18.9 Å². The Morgan fingerprint density at radius 1 is 1.07 bits per heavy atom. The number of hydrogen-bond acceptors (Lipinski definition) is 5. The molecule has 8 nitrogen and oxygen atoms in total. The van der Waals surface area contributed by atoms with Gasteiger partial charge in [-0.2, -0.15) is 18.3 Å². The summed E-state index contributed by atoms with van der Waals surface area (Å²) < 4.78 is 37.2. The highest BCUT2D eigenvalue weighted by Gasteiger charge is 2.65. The summed E-state index contributed by atoms with van der Waals surface area (Å²) in [4.78, 5) is 24.2. The number of morpholine rings is 1. The number of fused-ring (bicyclic) bond motifs is 3. The van der Waals surface area contributed by atoms with Gasteiger partial charge in [0.1, 0.15) is 0 Å². The van der Waals surface area contributed by atoms with Crippen LogP contribution in [0, 0.1) is 0 Å². The van der Waals surface area contributed by atoms with Gasteiger partial charge in [0.15, 0.2) is 0 Å². The number of hydrogen-bond donors (Lipinski definition) is 3. The molecule has 7 rings (SSSR count). The van der Waals surface area contributed by atoms with Gasteiger partial charge in [-0.25, -0.2) is 4.79 Å². The van der Waals surface area contributed by atoms with E-state index in [9.17, 15) is 18.0 Å². The lowest BCUT2D eigenvalue weighted by Gasteiger charge is -2.26. The van der Waals surface area contributed by atoms with Gasteiger partial charge >= 0.3 is 12.1 Å². The predicted molar refractivity (Wildman–Crippen MR) is 160 cm³/mol. The van der Waals surface area contributed by atoms with Crippen LogP contribution >= 0.6 is 0 Å². The monoisotopic (exact) mass is 604 g/mol. The number of anilines is 1. The molecule has 1 saturated carbocycles. The molecule has 2 atom stereocenters. The van der Waals surface area contributed by atoms with Crippen LogP contribution in [0.25, 0.3) is 23.1 Å². The third kappa shape index (κ3) is 5.97. The molecule has 3 aliphatic rings. The van der Waals surface area contributed by atoms with Gasteiger partial charge in [-0.1, -0.05) is 60.7 Å². The van der Waals surface area contributed by atoms with E-state index in [1.54, 1.807) is 0 Å². The van der Waals surface area contributed by atoms with Gasteiger partial charge in [-0.05, 0) is 53.3 Å². The predicted octanol–water partition coefficient (Wildman–Crippen LogP) is 5.62. The van der Waals surface area contributed by atoms with Crippen LogP contribution in [0.15, 0.2) is 66.7 Å². The molecule has 1 aliphatic carbocycles. The maximum Gasteiger partial charge on any atom is 0.490 e. The third-order valence-corrected chi connectivity index (χ3v) is 8.52. The molecule has 0 radical (unpaired) electrons. The second-order valence-corrected chi connectivity index (χ2v) is 11.2. The van der Waals surface area contributed by atoms with Crippen molar-refractivity contribution in [3.8, 4) is 0 Å². The van der Waals surface area contributed by atoms with Crippen LogP contribution in [-0.2, 0) is 26.2 Å². The van der Waals surface area contributed by atoms with Crippen LogP contribution in [0.2, 0.25) is 0 Å². The van der Waals surface area contributed by atoms with Gasteiger partial charge in [0, 0.05) is 36.6 Å². The Hall–Kier alpha value is -4.48. The van der Waals surface area contributed by atoms with Crippen molar-refractivity contribution in [2.75, 3.05) is 38.2 Å². The topological polar surface area (TPSA) is 108 Å². The Morgan fingerprint density at radius 3 is 2.52 bits per heavy atom. The molecule has 2 fully saturated rings. The summed E-state index contributed by atoms with van der Waals surface area (Å²) in [5, 5.41) is 19.1. The SMILES string of the molecule is O=C(O)C(F)(F)F.O=C1Nc2ccccc2[C@]12C[C@H]2c1ccc2c(/C=C/c3ccc(CCN4CCOCC4)cc3)n[nH]c2c1. The third-order valence-electron chi connectivity index (χ3n) is 8.52. The number of para-hydroxylation sites is 1. The van der Waals surface area contributed by atoms with Crippen molar-refractivity contribution in [3.63, 3.8) is 0 Å². The molecule has 3 N–H and O–H groups in total. The van der Waals surface area contributed by atoms with Crippen LogP contribution in [0.3, 0.4) is 0 Å². The van der Waals surface area contributed by atoms with Gasteiger partial charge < -0.3 is 15.2 Å². The van der Waals surface area contributed by atoms with Gasteiger partial charge in [0.25, 0.3) is 0 Å². The molecule has 11 heteroatoms. The highest BCUT2D eigenvalue weighted by Crippen LogP contribution is 2.65. The van der Waals surface area contributed by atoms with Crippen LogP contribution in [0.1, 0.15) is 40.3 Å². The summed E-state index contributed by atoms with van der Waals surface area (Å²) in [5.74, 6) is -2.43. The first-order valence-corrected chi connectivity index (χ1v) is 14.4. The number of aromatic nitrogens is 2.